The maximum atomic E-state index is 12.3. The van der Waals surface area contributed by atoms with Crippen molar-refractivity contribution in [1.29, 1.82) is 0 Å². The van der Waals surface area contributed by atoms with E-state index in [4.69, 9.17) is 27.9 Å². The van der Waals surface area contributed by atoms with Crippen LogP contribution in [0.2, 0.25) is 10.0 Å². The summed E-state index contributed by atoms with van der Waals surface area (Å²) in [6, 6.07) is 4.93. The minimum absolute atomic E-state index is 0.278. The van der Waals surface area contributed by atoms with Gasteiger partial charge in [-0.15, -0.1) is 0 Å². The summed E-state index contributed by atoms with van der Waals surface area (Å²) in [6.07, 6.45) is 12.6. The summed E-state index contributed by atoms with van der Waals surface area (Å²) in [6.45, 7) is 1.68. The lowest BCUT2D eigenvalue weighted by molar-refractivity contribution is -0.127. The second-order valence-electron chi connectivity index (χ2n) is 7.17. The Bertz CT molecular complexity index is 621. The van der Waals surface area contributed by atoms with Gasteiger partial charge in [0, 0.05) is 10.7 Å². The van der Waals surface area contributed by atoms with E-state index < -0.39 is 6.10 Å². The minimum Gasteiger partial charge on any atom is -0.479 e. The summed E-state index contributed by atoms with van der Waals surface area (Å²) in [7, 11) is 0. The van der Waals surface area contributed by atoms with E-state index in [-0.39, 0.29) is 5.91 Å². The molecule has 1 N–H and O–H groups in total. The molecular weight excluding hydrogens is 383 g/mol. The van der Waals surface area contributed by atoms with E-state index in [2.05, 4.69) is 10.5 Å². The summed E-state index contributed by atoms with van der Waals surface area (Å²) >= 11 is 12.0. The van der Waals surface area contributed by atoms with Gasteiger partial charge in [0.15, 0.2) is 6.10 Å². The van der Waals surface area contributed by atoms with Crippen LogP contribution in [-0.2, 0) is 4.79 Å². The van der Waals surface area contributed by atoms with Crippen LogP contribution in [0.15, 0.2) is 23.3 Å². The van der Waals surface area contributed by atoms with Crippen LogP contribution in [-0.4, -0.2) is 17.7 Å². The van der Waals surface area contributed by atoms with Crippen LogP contribution in [0.4, 0.5) is 0 Å². The van der Waals surface area contributed by atoms with E-state index in [1.807, 2.05) is 0 Å². The second-order valence-corrected chi connectivity index (χ2v) is 8.01. The van der Waals surface area contributed by atoms with E-state index in [1.54, 1.807) is 25.1 Å². The molecule has 1 aromatic carbocycles. The highest BCUT2D eigenvalue weighted by atomic mass is 35.5. The van der Waals surface area contributed by atoms with Gasteiger partial charge in [-0.3, -0.25) is 4.79 Å². The van der Waals surface area contributed by atoms with Crippen molar-refractivity contribution in [3.05, 3.63) is 28.2 Å². The SMILES string of the molecule is CC(Oc1ccc(Cl)cc1Cl)C(=O)NN=C1CCCCCCCCCCC1. The van der Waals surface area contributed by atoms with E-state index in [0.29, 0.717) is 15.8 Å². The first-order valence-electron chi connectivity index (χ1n) is 10.0. The Hall–Kier alpha value is -1.26. The van der Waals surface area contributed by atoms with Gasteiger partial charge in [0.25, 0.3) is 5.91 Å². The van der Waals surface area contributed by atoms with Crippen molar-refractivity contribution < 1.29 is 9.53 Å². The van der Waals surface area contributed by atoms with Crippen LogP contribution in [0.5, 0.6) is 5.75 Å². The number of nitrogens with zero attached hydrogens (tertiary/aromatic N) is 1. The molecule has 0 saturated heterocycles. The largest absolute Gasteiger partial charge is 0.479 e. The maximum Gasteiger partial charge on any atom is 0.280 e. The van der Waals surface area contributed by atoms with Crippen molar-refractivity contribution in [2.45, 2.75) is 83.7 Å². The molecule has 1 aromatic rings. The van der Waals surface area contributed by atoms with Crippen LogP contribution in [0.3, 0.4) is 0 Å². The zero-order chi connectivity index (χ0) is 19.5. The van der Waals surface area contributed by atoms with Crippen molar-refractivity contribution in [3.8, 4) is 5.75 Å². The van der Waals surface area contributed by atoms with Gasteiger partial charge in [0.1, 0.15) is 5.75 Å². The molecule has 1 saturated carbocycles. The fraction of sp³-hybridized carbons (Fsp3) is 0.619. The molecule has 6 heteroatoms. The van der Waals surface area contributed by atoms with Gasteiger partial charge < -0.3 is 4.74 Å². The molecule has 1 unspecified atom stereocenters. The molecule has 1 amide bonds. The van der Waals surface area contributed by atoms with Gasteiger partial charge in [-0.2, -0.15) is 5.10 Å². The highest BCUT2D eigenvalue weighted by Crippen LogP contribution is 2.28. The lowest BCUT2D eigenvalue weighted by atomic mass is 10.00. The Morgan fingerprint density at radius 3 is 2.11 bits per heavy atom. The number of hydrogen-bond donors (Lipinski definition) is 1. The molecular formula is C21H30Cl2N2O2. The number of hydrogen-bond acceptors (Lipinski definition) is 3. The number of nitrogens with one attached hydrogen (secondary N) is 1. The summed E-state index contributed by atoms with van der Waals surface area (Å²) < 4.78 is 5.64. The number of carbonyl (C=O) groups excluding carboxylic acids is 1. The van der Waals surface area contributed by atoms with Crippen LogP contribution in [0, 0.1) is 0 Å². The van der Waals surface area contributed by atoms with Gasteiger partial charge in [-0.25, -0.2) is 5.43 Å². The third-order valence-corrected chi connectivity index (χ3v) is 5.35. The van der Waals surface area contributed by atoms with Gasteiger partial charge >= 0.3 is 0 Å². The summed E-state index contributed by atoms with van der Waals surface area (Å²) in [5, 5.41) is 5.30. The number of hydrazone groups is 1. The predicted molar refractivity (Wildman–Crippen MR) is 113 cm³/mol. The van der Waals surface area contributed by atoms with Crippen molar-refractivity contribution in [2.24, 2.45) is 5.10 Å². The van der Waals surface area contributed by atoms with Gasteiger partial charge in [-0.1, -0.05) is 68.1 Å². The first-order chi connectivity index (χ1) is 13.1. The Balaban J connectivity index is 1.87. The summed E-state index contributed by atoms with van der Waals surface area (Å²) in [4.78, 5) is 12.3. The molecule has 0 radical (unpaired) electrons. The normalized spacial score (nSPS) is 18.0. The molecule has 1 aliphatic carbocycles. The molecule has 0 spiro atoms. The molecule has 0 aliphatic heterocycles. The molecule has 1 fully saturated rings. The predicted octanol–water partition coefficient (Wildman–Crippen LogP) is 6.54. The fourth-order valence-electron chi connectivity index (χ4n) is 3.17. The zero-order valence-corrected chi connectivity index (χ0v) is 17.6. The Morgan fingerprint density at radius 2 is 1.56 bits per heavy atom. The fourth-order valence-corrected chi connectivity index (χ4v) is 3.63. The van der Waals surface area contributed by atoms with E-state index in [9.17, 15) is 4.79 Å². The third-order valence-electron chi connectivity index (χ3n) is 4.82. The number of ether oxygens (including phenoxy) is 1. The second kappa shape index (κ2) is 12.2. The lowest BCUT2D eigenvalue weighted by Gasteiger charge is -2.15. The number of carbonyl (C=O) groups is 1. The maximum absolute atomic E-state index is 12.3. The van der Waals surface area contributed by atoms with Crippen LogP contribution in [0.1, 0.15) is 77.6 Å². The van der Waals surface area contributed by atoms with Gasteiger partial charge in [0.2, 0.25) is 0 Å². The average molecular weight is 413 g/mol. The molecule has 0 aromatic heterocycles. The first kappa shape index (κ1) is 22.0. The lowest BCUT2D eigenvalue weighted by Crippen LogP contribution is -2.34. The molecule has 150 valence electrons. The molecule has 1 atom stereocenters. The molecule has 1 aliphatic rings. The highest BCUT2D eigenvalue weighted by Gasteiger charge is 2.16. The molecule has 0 bridgehead atoms. The molecule has 4 nitrogen and oxygen atoms in total. The van der Waals surface area contributed by atoms with Crippen molar-refractivity contribution in [3.63, 3.8) is 0 Å². The van der Waals surface area contributed by atoms with Crippen LogP contribution >= 0.6 is 23.2 Å². The molecule has 27 heavy (non-hydrogen) atoms. The third kappa shape index (κ3) is 8.52. The Kier molecular flexibility index (Phi) is 10.00. The van der Waals surface area contributed by atoms with E-state index in [1.165, 1.54) is 44.9 Å². The number of halogens is 2. The van der Waals surface area contributed by atoms with E-state index in [0.717, 1.165) is 31.4 Å². The van der Waals surface area contributed by atoms with Crippen molar-refractivity contribution >= 4 is 34.8 Å². The first-order valence-corrected chi connectivity index (χ1v) is 10.8. The number of rotatable bonds is 4. The standard InChI is InChI=1S/C21H30Cl2N2O2/c1-16(27-20-14-13-17(22)15-19(20)23)21(26)25-24-18-11-9-7-5-3-2-4-6-8-10-12-18/h13-16H,2-12H2,1H3,(H,25,26). The summed E-state index contributed by atoms with van der Waals surface area (Å²) in [5.41, 5.74) is 3.75. The zero-order valence-electron chi connectivity index (χ0n) is 16.1. The quantitative estimate of drug-likeness (QED) is 0.570. The molecule has 0 heterocycles. The number of benzene rings is 1. The Labute approximate surface area is 172 Å². The van der Waals surface area contributed by atoms with Crippen molar-refractivity contribution in [1.82, 2.24) is 5.43 Å². The van der Waals surface area contributed by atoms with Crippen molar-refractivity contribution in [2.75, 3.05) is 0 Å². The Morgan fingerprint density at radius 1 is 1.00 bits per heavy atom. The smallest absolute Gasteiger partial charge is 0.280 e. The monoisotopic (exact) mass is 412 g/mol. The van der Waals surface area contributed by atoms with Crippen LogP contribution < -0.4 is 10.2 Å². The van der Waals surface area contributed by atoms with E-state index >= 15 is 0 Å². The topological polar surface area (TPSA) is 50.7 Å². The minimum atomic E-state index is -0.695. The van der Waals surface area contributed by atoms with Crippen LogP contribution in [0.25, 0.3) is 0 Å². The molecule has 2 rings (SSSR count). The average Bonchev–Trinajstić information content (AvgIpc) is 2.63. The highest BCUT2D eigenvalue weighted by molar-refractivity contribution is 6.35. The van der Waals surface area contributed by atoms with Gasteiger partial charge in [0.05, 0.1) is 5.02 Å². The van der Waals surface area contributed by atoms with Gasteiger partial charge in [-0.05, 0) is 50.8 Å². The summed E-state index contributed by atoms with van der Waals surface area (Å²) in [5.74, 6) is 0.155. The number of amides is 1.